The first-order valence-corrected chi connectivity index (χ1v) is 16.3. The fourth-order valence-electron chi connectivity index (χ4n) is 5.29. The monoisotopic (exact) mass is 648 g/mol. The van der Waals surface area contributed by atoms with Gasteiger partial charge in [0, 0.05) is 68.5 Å². The van der Waals surface area contributed by atoms with Crippen molar-refractivity contribution in [2.45, 2.75) is 43.7 Å². The minimum Gasteiger partial charge on any atom is -0.444 e. The Morgan fingerprint density at radius 3 is 2.28 bits per heavy atom. The molecule has 242 valence electrons. The number of halogens is 1. The highest BCUT2D eigenvalue weighted by Crippen LogP contribution is 2.27. The number of likely N-dealkylation sites (N-methyl/N-ethyl adjacent to an activating group) is 1. The molecule has 2 amide bonds. The molecule has 1 atom stereocenters. The Morgan fingerprint density at radius 2 is 1.63 bits per heavy atom. The van der Waals surface area contributed by atoms with Gasteiger partial charge in [-0.25, -0.2) is 9.18 Å². The average molecular weight is 649 g/mol. The third-order valence-electron chi connectivity index (χ3n) is 7.69. The molecule has 0 radical (unpaired) electrons. The number of rotatable bonds is 8. The lowest BCUT2D eigenvalue weighted by Crippen LogP contribution is -2.56. The van der Waals surface area contributed by atoms with Gasteiger partial charge in [0.1, 0.15) is 28.1 Å². The number of hydrogen-bond donors (Lipinski definition) is 0. The van der Waals surface area contributed by atoms with Crippen LogP contribution in [0.4, 0.5) is 14.9 Å². The molecule has 10 nitrogen and oxygen atoms in total. The molecule has 0 spiro atoms. The van der Waals surface area contributed by atoms with E-state index in [1.807, 2.05) is 0 Å². The van der Waals surface area contributed by atoms with Gasteiger partial charge in [0.2, 0.25) is 5.91 Å². The Morgan fingerprint density at radius 1 is 0.957 bits per heavy atom. The quantitative estimate of drug-likeness (QED) is 0.238. The fraction of sp³-hybridized carbons (Fsp3) is 0.324. The molecule has 1 fully saturated rings. The highest BCUT2D eigenvalue weighted by Gasteiger charge is 2.34. The smallest absolute Gasteiger partial charge is 0.410 e. The summed E-state index contributed by atoms with van der Waals surface area (Å²) in [6.45, 7) is 7.21. The van der Waals surface area contributed by atoms with Gasteiger partial charge in [-0.05, 0) is 74.9 Å². The van der Waals surface area contributed by atoms with Gasteiger partial charge < -0.3 is 18.7 Å². The molecule has 0 N–H and O–H groups in total. The number of hydrogen-bond acceptors (Lipinski definition) is 8. The summed E-state index contributed by atoms with van der Waals surface area (Å²) >= 11 is 0. The predicted molar refractivity (Wildman–Crippen MR) is 173 cm³/mol. The zero-order valence-electron chi connectivity index (χ0n) is 26.2. The van der Waals surface area contributed by atoms with E-state index in [9.17, 15) is 22.4 Å². The van der Waals surface area contributed by atoms with E-state index in [-0.39, 0.29) is 28.8 Å². The van der Waals surface area contributed by atoms with Crippen LogP contribution in [-0.4, -0.2) is 80.1 Å². The normalized spacial score (nSPS) is 14.5. The molecule has 2 heterocycles. The number of carbonyl (C=O) groups is 2. The molecule has 1 aromatic heterocycles. The molecule has 0 unspecified atom stereocenters. The first kappa shape index (κ1) is 32.7. The maximum Gasteiger partial charge on any atom is 0.410 e. The van der Waals surface area contributed by atoms with E-state index in [2.05, 4.69) is 9.88 Å². The summed E-state index contributed by atoms with van der Waals surface area (Å²) in [5, 5.41) is 1.17. The first-order chi connectivity index (χ1) is 21.8. The van der Waals surface area contributed by atoms with Crippen molar-refractivity contribution in [3.8, 4) is 5.75 Å². The van der Waals surface area contributed by atoms with Gasteiger partial charge in [0.05, 0.1) is 0 Å². The molecule has 3 aromatic carbocycles. The van der Waals surface area contributed by atoms with Crippen LogP contribution in [0.25, 0.3) is 10.8 Å². The highest BCUT2D eigenvalue weighted by atomic mass is 32.2. The number of pyridine rings is 1. The maximum atomic E-state index is 13.9. The summed E-state index contributed by atoms with van der Waals surface area (Å²) in [6.07, 6.45) is 2.64. The molecule has 4 aromatic rings. The number of fused-ring (bicyclic) bond motifs is 1. The van der Waals surface area contributed by atoms with Gasteiger partial charge in [0.25, 0.3) is 0 Å². The Kier molecular flexibility index (Phi) is 9.47. The second-order valence-electron chi connectivity index (χ2n) is 12.1. The van der Waals surface area contributed by atoms with Crippen LogP contribution in [0.2, 0.25) is 0 Å². The molecule has 5 rings (SSSR count). The minimum atomic E-state index is -4.15. The van der Waals surface area contributed by atoms with Gasteiger partial charge in [0.15, 0.2) is 0 Å². The summed E-state index contributed by atoms with van der Waals surface area (Å²) in [5.41, 5.74) is 0.808. The van der Waals surface area contributed by atoms with Crippen molar-refractivity contribution in [2.24, 2.45) is 0 Å². The van der Waals surface area contributed by atoms with E-state index in [0.717, 1.165) is 5.69 Å². The van der Waals surface area contributed by atoms with E-state index < -0.39 is 27.9 Å². The number of amides is 2. The van der Waals surface area contributed by atoms with Crippen LogP contribution in [0, 0.1) is 5.82 Å². The predicted octanol–water partition coefficient (Wildman–Crippen LogP) is 5.27. The molecule has 1 saturated heterocycles. The second kappa shape index (κ2) is 13.3. The van der Waals surface area contributed by atoms with Crippen molar-refractivity contribution >= 4 is 38.6 Å². The Bertz CT molecular complexity index is 1800. The summed E-state index contributed by atoms with van der Waals surface area (Å²) in [5.74, 6) is -0.440. The molecular formula is C34H37FN4O6S. The number of anilines is 1. The lowest BCUT2D eigenvalue weighted by molar-refractivity contribution is -0.136. The van der Waals surface area contributed by atoms with Crippen molar-refractivity contribution in [1.29, 1.82) is 0 Å². The summed E-state index contributed by atoms with van der Waals surface area (Å²) < 4.78 is 50.8. The molecule has 1 aliphatic rings. The van der Waals surface area contributed by atoms with E-state index >= 15 is 0 Å². The van der Waals surface area contributed by atoms with Gasteiger partial charge >= 0.3 is 16.2 Å². The van der Waals surface area contributed by atoms with Crippen molar-refractivity contribution in [3.63, 3.8) is 0 Å². The van der Waals surface area contributed by atoms with Gasteiger partial charge in [-0.2, -0.15) is 8.42 Å². The largest absolute Gasteiger partial charge is 0.444 e. The summed E-state index contributed by atoms with van der Waals surface area (Å²) in [7, 11) is -2.62. The zero-order valence-corrected chi connectivity index (χ0v) is 27.0. The van der Waals surface area contributed by atoms with Crippen LogP contribution in [0.1, 0.15) is 26.3 Å². The summed E-state index contributed by atoms with van der Waals surface area (Å²) in [6, 6.07) is 18.3. The van der Waals surface area contributed by atoms with Gasteiger partial charge in [-0.15, -0.1) is 0 Å². The van der Waals surface area contributed by atoms with Crippen LogP contribution < -0.4 is 9.08 Å². The van der Waals surface area contributed by atoms with Crippen LogP contribution >= 0.6 is 0 Å². The zero-order chi connectivity index (χ0) is 33.1. The highest BCUT2D eigenvalue weighted by molar-refractivity contribution is 7.87. The molecule has 0 saturated carbocycles. The number of ether oxygens (including phenoxy) is 1. The third kappa shape index (κ3) is 7.74. The number of carbonyl (C=O) groups excluding carboxylic acids is 2. The average Bonchev–Trinajstić information content (AvgIpc) is 3.03. The maximum absolute atomic E-state index is 13.9. The fourth-order valence-corrected chi connectivity index (χ4v) is 6.44. The van der Waals surface area contributed by atoms with Crippen LogP contribution in [0.15, 0.2) is 90.1 Å². The van der Waals surface area contributed by atoms with Crippen molar-refractivity contribution in [2.75, 3.05) is 38.1 Å². The summed E-state index contributed by atoms with van der Waals surface area (Å²) in [4.78, 5) is 36.2. The number of benzene rings is 3. The SMILES string of the molecule is CN(C(=O)OC(C)(C)C)[C@@H](Cc1ccc(OS(=O)(=O)c2cccc3cnccc23)cc1)C(=O)N1CCN(c2ccc(F)cc2)CC1. The topological polar surface area (TPSA) is 109 Å². The first-order valence-electron chi connectivity index (χ1n) is 14.9. The van der Waals surface area contributed by atoms with Crippen LogP contribution in [0.3, 0.4) is 0 Å². The molecule has 0 aliphatic carbocycles. The van der Waals surface area contributed by atoms with Crippen LogP contribution in [-0.2, 0) is 26.1 Å². The van der Waals surface area contributed by atoms with Gasteiger partial charge in [-0.1, -0.05) is 24.3 Å². The van der Waals surface area contributed by atoms with Gasteiger partial charge in [-0.3, -0.25) is 14.7 Å². The van der Waals surface area contributed by atoms with Crippen LogP contribution in [0.5, 0.6) is 5.75 Å². The number of aromatic nitrogens is 1. The van der Waals surface area contributed by atoms with Crippen molar-refractivity contribution in [3.05, 3.63) is 96.6 Å². The lowest BCUT2D eigenvalue weighted by atomic mass is 10.0. The van der Waals surface area contributed by atoms with E-state index in [1.165, 1.54) is 48.5 Å². The Balaban J connectivity index is 1.31. The molecule has 46 heavy (non-hydrogen) atoms. The molecular weight excluding hydrogens is 611 g/mol. The van der Waals surface area contributed by atoms with E-state index in [4.69, 9.17) is 8.92 Å². The standard InChI is InChI=1S/C34H37FN4O6S/c1-34(2,3)44-33(41)37(4)30(32(40)39-20-18-38(19-21-39)27-12-10-26(35)11-13-27)22-24-8-14-28(15-9-24)45-46(42,43)31-7-5-6-25-23-36-17-16-29(25)31/h5-17,23,30H,18-22H2,1-4H3/t30-/m0/s1. The number of piperazine rings is 1. The number of nitrogens with zero attached hydrogens (tertiary/aromatic N) is 4. The third-order valence-corrected chi connectivity index (χ3v) is 8.99. The van der Waals surface area contributed by atoms with E-state index in [1.54, 1.807) is 74.3 Å². The molecule has 1 aliphatic heterocycles. The Hall–Kier alpha value is -4.71. The minimum absolute atomic E-state index is 0.0284. The van der Waals surface area contributed by atoms with Crippen molar-refractivity contribution < 1.29 is 31.3 Å². The molecule has 12 heteroatoms. The van der Waals surface area contributed by atoms with E-state index in [0.29, 0.717) is 42.5 Å². The van der Waals surface area contributed by atoms with Crippen molar-refractivity contribution in [1.82, 2.24) is 14.8 Å². The molecule has 0 bridgehead atoms. The lowest BCUT2D eigenvalue weighted by Gasteiger charge is -2.39. The Labute approximate surface area is 268 Å². The second-order valence-corrected chi connectivity index (χ2v) is 13.6.